The number of benzene rings is 1. The van der Waals surface area contributed by atoms with Gasteiger partial charge in [0.05, 0.1) is 25.6 Å². The highest BCUT2D eigenvalue weighted by atomic mass is 16.7. The van der Waals surface area contributed by atoms with E-state index >= 15 is 0 Å². The van der Waals surface area contributed by atoms with Crippen molar-refractivity contribution in [2.24, 2.45) is 0 Å². The van der Waals surface area contributed by atoms with E-state index in [1.54, 1.807) is 6.20 Å². The number of aromatic nitrogens is 2. The van der Waals surface area contributed by atoms with Crippen LogP contribution in [0, 0.1) is 0 Å². The summed E-state index contributed by atoms with van der Waals surface area (Å²) in [6.07, 6.45) is 11.1. The maximum atomic E-state index is 6.38. The van der Waals surface area contributed by atoms with Crippen LogP contribution in [-0.2, 0) is 22.4 Å². The van der Waals surface area contributed by atoms with Crippen LogP contribution in [0.5, 0.6) is 0 Å². The molecule has 2 atom stereocenters. The molecule has 3 rings (SSSR count). The zero-order chi connectivity index (χ0) is 16.0. The topological polar surface area (TPSA) is 36.3 Å². The van der Waals surface area contributed by atoms with Crippen LogP contribution in [0.25, 0.3) is 0 Å². The van der Waals surface area contributed by atoms with Gasteiger partial charge in [0, 0.05) is 18.8 Å². The van der Waals surface area contributed by atoms with Crippen molar-refractivity contribution in [3.8, 4) is 0 Å². The molecule has 1 fully saturated rings. The average molecular weight is 314 g/mol. The van der Waals surface area contributed by atoms with Crippen LogP contribution < -0.4 is 0 Å². The smallest absolute Gasteiger partial charge is 0.187 e. The van der Waals surface area contributed by atoms with E-state index in [1.165, 1.54) is 18.4 Å². The number of nitrogens with zero attached hydrogens (tertiary/aromatic N) is 2. The van der Waals surface area contributed by atoms with E-state index in [4.69, 9.17) is 9.47 Å². The van der Waals surface area contributed by atoms with Crippen molar-refractivity contribution in [1.82, 2.24) is 9.55 Å². The average Bonchev–Trinajstić information content (AvgIpc) is 3.23. The standard InChI is InChI=1S/C19H26N2O2/c1-2-3-9-18-14-22-19(23-18,15-21-13-12-20-16-21)11-10-17-7-5-4-6-8-17/h4-8,12-13,16,18H,2-3,9-11,14-15H2,1H3. The van der Waals surface area contributed by atoms with E-state index in [-0.39, 0.29) is 6.10 Å². The van der Waals surface area contributed by atoms with Crippen molar-refractivity contribution in [1.29, 1.82) is 0 Å². The van der Waals surface area contributed by atoms with Gasteiger partial charge in [-0.1, -0.05) is 50.1 Å². The highest BCUT2D eigenvalue weighted by Gasteiger charge is 2.41. The Balaban J connectivity index is 1.66. The Morgan fingerprint density at radius 2 is 2.17 bits per heavy atom. The molecule has 2 aromatic rings. The van der Waals surface area contributed by atoms with Gasteiger partial charge in [0.15, 0.2) is 5.79 Å². The number of aryl methyl sites for hydroxylation is 1. The normalized spacial score (nSPS) is 24.1. The third-order valence-electron chi connectivity index (χ3n) is 4.41. The predicted octanol–water partition coefficient (Wildman–Crippen LogP) is 3.82. The predicted molar refractivity (Wildman–Crippen MR) is 90.1 cm³/mol. The van der Waals surface area contributed by atoms with Gasteiger partial charge in [0.1, 0.15) is 0 Å². The van der Waals surface area contributed by atoms with E-state index in [0.717, 1.165) is 19.3 Å². The fourth-order valence-corrected chi connectivity index (χ4v) is 3.12. The van der Waals surface area contributed by atoms with E-state index in [2.05, 4.69) is 36.2 Å². The van der Waals surface area contributed by atoms with Gasteiger partial charge < -0.3 is 14.0 Å². The molecule has 0 radical (unpaired) electrons. The Morgan fingerprint density at radius 1 is 1.30 bits per heavy atom. The molecule has 0 N–H and O–H groups in total. The molecule has 0 bridgehead atoms. The number of rotatable bonds is 8. The van der Waals surface area contributed by atoms with Gasteiger partial charge in [0.25, 0.3) is 0 Å². The summed E-state index contributed by atoms with van der Waals surface area (Å²) >= 11 is 0. The molecule has 0 spiro atoms. The molecular weight excluding hydrogens is 288 g/mol. The van der Waals surface area contributed by atoms with Crippen LogP contribution in [0.2, 0.25) is 0 Å². The van der Waals surface area contributed by atoms with Gasteiger partial charge in [-0.2, -0.15) is 0 Å². The third kappa shape index (κ3) is 4.43. The summed E-state index contributed by atoms with van der Waals surface area (Å²) in [5.41, 5.74) is 1.32. The molecule has 2 unspecified atom stereocenters. The molecule has 124 valence electrons. The first-order valence-electron chi connectivity index (χ1n) is 8.61. The molecular formula is C19H26N2O2. The van der Waals surface area contributed by atoms with Crippen molar-refractivity contribution < 1.29 is 9.47 Å². The summed E-state index contributed by atoms with van der Waals surface area (Å²) in [5.74, 6) is -0.533. The summed E-state index contributed by atoms with van der Waals surface area (Å²) < 4.78 is 14.6. The molecule has 4 heteroatoms. The first kappa shape index (κ1) is 16.2. The Labute approximate surface area is 138 Å². The lowest BCUT2D eigenvalue weighted by atomic mass is 10.0. The Morgan fingerprint density at radius 3 is 2.91 bits per heavy atom. The number of hydrogen-bond donors (Lipinski definition) is 0. The molecule has 1 aliphatic heterocycles. The second-order valence-electron chi connectivity index (χ2n) is 6.32. The van der Waals surface area contributed by atoms with Gasteiger partial charge in [0.2, 0.25) is 0 Å². The zero-order valence-electron chi connectivity index (χ0n) is 13.9. The minimum Gasteiger partial charge on any atom is -0.345 e. The zero-order valence-corrected chi connectivity index (χ0v) is 13.9. The summed E-state index contributed by atoms with van der Waals surface area (Å²) in [6, 6.07) is 10.5. The minimum atomic E-state index is -0.533. The second-order valence-corrected chi connectivity index (χ2v) is 6.32. The van der Waals surface area contributed by atoms with E-state index < -0.39 is 5.79 Å². The van der Waals surface area contributed by atoms with Gasteiger partial charge in [-0.3, -0.25) is 0 Å². The lowest BCUT2D eigenvalue weighted by Gasteiger charge is -2.28. The van der Waals surface area contributed by atoms with Gasteiger partial charge >= 0.3 is 0 Å². The van der Waals surface area contributed by atoms with Crippen molar-refractivity contribution in [3.05, 3.63) is 54.6 Å². The maximum absolute atomic E-state index is 6.38. The van der Waals surface area contributed by atoms with Crippen molar-refractivity contribution in [2.45, 2.75) is 57.5 Å². The molecule has 0 amide bonds. The Kier molecular flexibility index (Phi) is 5.47. The minimum absolute atomic E-state index is 0.217. The maximum Gasteiger partial charge on any atom is 0.187 e. The Bertz CT molecular complexity index is 570. The first-order valence-corrected chi connectivity index (χ1v) is 8.61. The van der Waals surface area contributed by atoms with Crippen molar-refractivity contribution in [3.63, 3.8) is 0 Å². The van der Waals surface area contributed by atoms with Crippen molar-refractivity contribution >= 4 is 0 Å². The lowest BCUT2D eigenvalue weighted by molar-refractivity contribution is -0.182. The van der Waals surface area contributed by atoms with Gasteiger partial charge in [-0.05, 0) is 18.4 Å². The molecule has 1 aromatic heterocycles. The molecule has 4 nitrogen and oxygen atoms in total. The first-order chi connectivity index (χ1) is 11.3. The SMILES string of the molecule is CCCCC1COC(CCc2ccccc2)(Cn2ccnc2)O1. The van der Waals surface area contributed by atoms with E-state index in [0.29, 0.717) is 13.2 Å². The van der Waals surface area contributed by atoms with Crippen LogP contribution in [-0.4, -0.2) is 28.0 Å². The monoisotopic (exact) mass is 314 g/mol. The molecule has 0 aliphatic carbocycles. The molecule has 1 aliphatic rings. The van der Waals surface area contributed by atoms with Crippen LogP contribution in [0.3, 0.4) is 0 Å². The molecule has 2 heterocycles. The van der Waals surface area contributed by atoms with Crippen molar-refractivity contribution in [2.75, 3.05) is 6.61 Å². The number of hydrogen-bond acceptors (Lipinski definition) is 3. The molecule has 1 saturated heterocycles. The third-order valence-corrected chi connectivity index (χ3v) is 4.41. The summed E-state index contributed by atoms with van der Waals surface area (Å²) in [4.78, 5) is 4.13. The summed E-state index contributed by atoms with van der Waals surface area (Å²) in [7, 11) is 0. The van der Waals surface area contributed by atoms with Gasteiger partial charge in [-0.15, -0.1) is 0 Å². The van der Waals surface area contributed by atoms with E-state index in [1.807, 2.05) is 23.2 Å². The quantitative estimate of drug-likeness (QED) is 0.743. The molecule has 0 saturated carbocycles. The van der Waals surface area contributed by atoms with Crippen LogP contribution >= 0.6 is 0 Å². The highest BCUT2D eigenvalue weighted by molar-refractivity contribution is 5.15. The fourth-order valence-electron chi connectivity index (χ4n) is 3.12. The molecule has 1 aromatic carbocycles. The second kappa shape index (κ2) is 7.75. The summed E-state index contributed by atoms with van der Waals surface area (Å²) in [5, 5.41) is 0. The Hall–Kier alpha value is -1.65. The fraction of sp³-hybridized carbons (Fsp3) is 0.526. The van der Waals surface area contributed by atoms with Crippen LogP contribution in [0.15, 0.2) is 49.1 Å². The molecule has 23 heavy (non-hydrogen) atoms. The lowest BCUT2D eigenvalue weighted by Crippen LogP contribution is -2.36. The van der Waals surface area contributed by atoms with E-state index in [9.17, 15) is 0 Å². The number of unbranched alkanes of at least 4 members (excludes halogenated alkanes) is 1. The summed E-state index contributed by atoms with van der Waals surface area (Å²) in [6.45, 7) is 3.61. The number of ether oxygens (including phenoxy) is 2. The number of imidazole rings is 1. The van der Waals surface area contributed by atoms with Crippen LogP contribution in [0.1, 0.15) is 38.2 Å². The van der Waals surface area contributed by atoms with Crippen LogP contribution in [0.4, 0.5) is 0 Å². The van der Waals surface area contributed by atoms with Gasteiger partial charge in [-0.25, -0.2) is 4.98 Å². The highest BCUT2D eigenvalue weighted by Crippen LogP contribution is 2.32. The largest absolute Gasteiger partial charge is 0.345 e.